The largest absolute Gasteiger partial charge is 0.393 e. The molecule has 4 rings (SSSR count). The van der Waals surface area contributed by atoms with Crippen LogP contribution in [0.5, 0.6) is 0 Å². The molecule has 1 spiro atoms. The van der Waals surface area contributed by atoms with Crippen molar-refractivity contribution in [1.29, 1.82) is 0 Å². The van der Waals surface area contributed by atoms with Crippen molar-refractivity contribution in [3.8, 4) is 0 Å². The van der Waals surface area contributed by atoms with Crippen LogP contribution in [-0.4, -0.2) is 66.3 Å². The van der Waals surface area contributed by atoms with E-state index in [9.17, 15) is 30.6 Å². The predicted molar refractivity (Wildman–Crippen MR) is 80.2 cm³/mol. The fraction of sp³-hybridized carbons (Fsp3) is 1.00. The van der Waals surface area contributed by atoms with Crippen molar-refractivity contribution < 1.29 is 30.6 Å². The van der Waals surface area contributed by atoms with Gasteiger partial charge in [-0.05, 0) is 44.9 Å². The lowest BCUT2D eigenvalue weighted by Crippen LogP contribution is -2.56. The minimum atomic E-state index is -1.54. The second-order valence-corrected chi connectivity index (χ2v) is 8.83. The molecular formula is C17H28O6. The average molecular weight is 328 g/mol. The Hall–Kier alpha value is -0.240. The fourth-order valence-corrected chi connectivity index (χ4v) is 6.84. The molecule has 10 atom stereocenters. The Morgan fingerprint density at radius 1 is 0.870 bits per heavy atom. The third kappa shape index (κ3) is 1.85. The number of fused-ring (bicyclic) bond motifs is 2. The normalized spacial score (nSPS) is 65.1. The Balaban J connectivity index is 1.83. The summed E-state index contributed by atoms with van der Waals surface area (Å²) in [6.07, 6.45) is -1.19. The van der Waals surface area contributed by atoms with Crippen LogP contribution in [0.3, 0.4) is 0 Å². The molecule has 6 N–H and O–H groups in total. The first-order valence-corrected chi connectivity index (χ1v) is 8.80. The molecule has 0 aromatic heterocycles. The van der Waals surface area contributed by atoms with Crippen molar-refractivity contribution in [1.82, 2.24) is 0 Å². The molecule has 0 radical (unpaired) electrons. The molecule has 6 heteroatoms. The first-order chi connectivity index (χ1) is 10.6. The second-order valence-electron chi connectivity index (χ2n) is 8.83. The number of hydrogen-bond acceptors (Lipinski definition) is 6. The molecule has 23 heavy (non-hydrogen) atoms. The van der Waals surface area contributed by atoms with Gasteiger partial charge in [-0.2, -0.15) is 0 Å². The van der Waals surface area contributed by atoms with Crippen LogP contribution in [0, 0.1) is 23.2 Å². The van der Waals surface area contributed by atoms with Crippen LogP contribution in [-0.2, 0) is 0 Å². The quantitative estimate of drug-likeness (QED) is 0.344. The highest BCUT2D eigenvalue weighted by Crippen LogP contribution is 2.65. The van der Waals surface area contributed by atoms with Gasteiger partial charge < -0.3 is 30.6 Å². The van der Waals surface area contributed by atoms with E-state index in [0.29, 0.717) is 19.3 Å². The summed E-state index contributed by atoms with van der Waals surface area (Å²) in [4.78, 5) is 0. The number of aliphatic hydroxyl groups is 6. The summed E-state index contributed by atoms with van der Waals surface area (Å²) in [6.45, 7) is 1.67. The lowest BCUT2D eigenvalue weighted by molar-refractivity contribution is -0.169. The van der Waals surface area contributed by atoms with Gasteiger partial charge in [0.15, 0.2) is 0 Å². The molecule has 2 bridgehead atoms. The summed E-state index contributed by atoms with van der Waals surface area (Å²) >= 11 is 0. The molecule has 4 fully saturated rings. The van der Waals surface area contributed by atoms with Crippen LogP contribution in [0.25, 0.3) is 0 Å². The van der Waals surface area contributed by atoms with E-state index in [1.807, 2.05) is 0 Å². The van der Waals surface area contributed by atoms with E-state index in [2.05, 4.69) is 0 Å². The Bertz CT molecular complexity index is 509. The highest BCUT2D eigenvalue weighted by Gasteiger charge is 2.71. The van der Waals surface area contributed by atoms with E-state index < -0.39 is 47.0 Å². The maximum absolute atomic E-state index is 11.4. The zero-order valence-electron chi connectivity index (χ0n) is 13.5. The van der Waals surface area contributed by atoms with Gasteiger partial charge in [-0.3, -0.25) is 0 Å². The van der Waals surface area contributed by atoms with Crippen molar-refractivity contribution in [2.45, 2.75) is 81.1 Å². The molecule has 0 saturated heterocycles. The smallest absolute Gasteiger partial charge is 0.0986 e. The molecule has 0 aromatic carbocycles. The van der Waals surface area contributed by atoms with E-state index >= 15 is 0 Å². The Morgan fingerprint density at radius 3 is 2.26 bits per heavy atom. The molecule has 0 aliphatic heterocycles. The number of hydrogen-bond donors (Lipinski definition) is 6. The van der Waals surface area contributed by atoms with Gasteiger partial charge in [-0.1, -0.05) is 0 Å². The van der Waals surface area contributed by atoms with Gasteiger partial charge in [0.2, 0.25) is 0 Å². The minimum absolute atomic E-state index is 0.0415. The minimum Gasteiger partial charge on any atom is -0.393 e. The van der Waals surface area contributed by atoms with Crippen LogP contribution in [0.15, 0.2) is 0 Å². The van der Waals surface area contributed by atoms with Crippen LogP contribution < -0.4 is 0 Å². The zero-order chi connectivity index (χ0) is 16.8. The van der Waals surface area contributed by atoms with Crippen molar-refractivity contribution >= 4 is 0 Å². The standard InChI is InChI=1S/C17H28O6/c1-15(22)11-3-2-9-10(19)6-16(11,14(9)21)7-13(20)17(23)5-8(18)4-12(15)17/h8-14,18-23H,2-7H2,1H3. The fourth-order valence-electron chi connectivity index (χ4n) is 6.84. The number of rotatable bonds is 0. The predicted octanol–water partition coefficient (Wildman–Crippen LogP) is -0.858. The van der Waals surface area contributed by atoms with E-state index in [-0.39, 0.29) is 31.1 Å². The van der Waals surface area contributed by atoms with Gasteiger partial charge in [0, 0.05) is 23.7 Å². The first-order valence-electron chi connectivity index (χ1n) is 8.80. The average Bonchev–Trinajstić information content (AvgIpc) is 2.80. The summed E-state index contributed by atoms with van der Waals surface area (Å²) < 4.78 is 0. The molecule has 6 nitrogen and oxygen atoms in total. The summed E-state index contributed by atoms with van der Waals surface area (Å²) in [5.74, 6) is -1.16. The van der Waals surface area contributed by atoms with E-state index in [0.717, 1.165) is 0 Å². The second kappa shape index (κ2) is 4.68. The summed E-state index contributed by atoms with van der Waals surface area (Å²) in [6, 6.07) is 0. The van der Waals surface area contributed by atoms with Gasteiger partial charge in [-0.15, -0.1) is 0 Å². The molecule has 132 valence electrons. The maximum atomic E-state index is 11.4. The van der Waals surface area contributed by atoms with Crippen LogP contribution in [0.1, 0.15) is 45.4 Å². The molecule has 4 aliphatic rings. The molecule has 4 saturated carbocycles. The topological polar surface area (TPSA) is 121 Å². The molecule has 0 aromatic rings. The lowest BCUT2D eigenvalue weighted by Gasteiger charge is -2.51. The lowest BCUT2D eigenvalue weighted by atomic mass is 9.57. The van der Waals surface area contributed by atoms with E-state index in [4.69, 9.17) is 0 Å². The van der Waals surface area contributed by atoms with Crippen molar-refractivity contribution in [2.24, 2.45) is 23.2 Å². The third-order valence-corrected chi connectivity index (χ3v) is 7.80. The van der Waals surface area contributed by atoms with E-state index in [1.54, 1.807) is 6.92 Å². The van der Waals surface area contributed by atoms with Crippen LogP contribution >= 0.6 is 0 Å². The highest BCUT2D eigenvalue weighted by molar-refractivity contribution is 5.21. The summed E-state index contributed by atoms with van der Waals surface area (Å²) in [7, 11) is 0. The SMILES string of the molecule is CC1(O)C2CC(O)CC2(O)C(O)CC23CC(O)C(CCC12)C3O. The van der Waals surface area contributed by atoms with Crippen LogP contribution in [0.2, 0.25) is 0 Å². The first kappa shape index (κ1) is 16.2. The zero-order valence-corrected chi connectivity index (χ0v) is 13.5. The highest BCUT2D eigenvalue weighted by atomic mass is 16.4. The van der Waals surface area contributed by atoms with Crippen molar-refractivity contribution in [3.05, 3.63) is 0 Å². The summed E-state index contributed by atoms with van der Waals surface area (Å²) in [5.41, 5.74) is -3.62. The van der Waals surface area contributed by atoms with Gasteiger partial charge in [0.25, 0.3) is 0 Å². The van der Waals surface area contributed by atoms with Crippen molar-refractivity contribution in [2.75, 3.05) is 0 Å². The Morgan fingerprint density at radius 2 is 1.57 bits per heavy atom. The van der Waals surface area contributed by atoms with Gasteiger partial charge >= 0.3 is 0 Å². The van der Waals surface area contributed by atoms with Crippen molar-refractivity contribution in [3.63, 3.8) is 0 Å². The van der Waals surface area contributed by atoms with Crippen LogP contribution in [0.4, 0.5) is 0 Å². The van der Waals surface area contributed by atoms with Gasteiger partial charge in [0.05, 0.1) is 35.6 Å². The monoisotopic (exact) mass is 328 g/mol. The number of aliphatic hydroxyl groups excluding tert-OH is 4. The molecule has 10 unspecified atom stereocenters. The molecule has 4 aliphatic carbocycles. The van der Waals surface area contributed by atoms with E-state index in [1.165, 1.54) is 0 Å². The van der Waals surface area contributed by atoms with Gasteiger partial charge in [0.1, 0.15) is 0 Å². The molecule has 0 amide bonds. The molecule has 0 heterocycles. The molecular weight excluding hydrogens is 300 g/mol. The maximum Gasteiger partial charge on any atom is 0.0986 e. The van der Waals surface area contributed by atoms with Gasteiger partial charge in [-0.25, -0.2) is 0 Å². The Kier molecular flexibility index (Phi) is 3.31. The summed E-state index contributed by atoms with van der Waals surface area (Å²) in [5, 5.41) is 64.4. The third-order valence-electron chi connectivity index (χ3n) is 7.80. The Labute approximate surface area is 135 Å².